The van der Waals surface area contributed by atoms with Crippen LogP contribution in [0.25, 0.3) is 10.9 Å². The lowest BCUT2D eigenvalue weighted by Gasteiger charge is -2.06. The average molecular weight is 227 g/mol. The van der Waals surface area contributed by atoms with Gasteiger partial charge in [0.1, 0.15) is 0 Å². The number of nitrogens with two attached hydrogens (primary N) is 1. The summed E-state index contributed by atoms with van der Waals surface area (Å²) in [4.78, 5) is 4.16. The van der Waals surface area contributed by atoms with E-state index < -0.39 is 0 Å². The van der Waals surface area contributed by atoms with Gasteiger partial charge < -0.3 is 5.73 Å². The van der Waals surface area contributed by atoms with E-state index in [2.05, 4.69) is 4.98 Å². The van der Waals surface area contributed by atoms with Crippen LogP contribution in [0.15, 0.2) is 18.3 Å². The van der Waals surface area contributed by atoms with E-state index in [9.17, 15) is 0 Å². The third-order valence-corrected chi connectivity index (χ3v) is 3.03. The number of benzene rings is 1. The molecule has 0 aliphatic heterocycles. The lowest BCUT2D eigenvalue weighted by Crippen LogP contribution is -1.91. The molecule has 2 nitrogen and oxygen atoms in total. The van der Waals surface area contributed by atoms with Gasteiger partial charge >= 0.3 is 0 Å². The summed E-state index contributed by atoms with van der Waals surface area (Å²) in [7, 11) is 0. The molecule has 0 radical (unpaired) electrons. The quantitative estimate of drug-likeness (QED) is 0.748. The van der Waals surface area contributed by atoms with Gasteiger partial charge in [-0.3, -0.25) is 4.98 Å². The maximum atomic E-state index is 6.09. The van der Waals surface area contributed by atoms with E-state index >= 15 is 0 Å². The molecule has 72 valence electrons. The van der Waals surface area contributed by atoms with Gasteiger partial charge in [-0.15, -0.1) is 0 Å². The molecule has 2 rings (SSSR count). The maximum absolute atomic E-state index is 6.09. The molecule has 1 heterocycles. The molecule has 2 N–H and O–H groups in total. The Morgan fingerprint density at radius 3 is 2.64 bits per heavy atom. The van der Waals surface area contributed by atoms with Gasteiger partial charge in [0.2, 0.25) is 0 Å². The van der Waals surface area contributed by atoms with Gasteiger partial charge in [0.05, 0.1) is 27.4 Å². The lowest BCUT2D eigenvalue weighted by atomic mass is 10.1. The fraction of sp³-hybridized carbons (Fsp3) is 0.100. The topological polar surface area (TPSA) is 38.9 Å². The molecular formula is C10H8Cl2N2. The van der Waals surface area contributed by atoms with Crippen molar-refractivity contribution in [3.8, 4) is 0 Å². The smallest absolute Gasteiger partial charge is 0.0907 e. The minimum atomic E-state index is 0.471. The summed E-state index contributed by atoms with van der Waals surface area (Å²) in [6.45, 7) is 1.92. The molecule has 4 heteroatoms. The minimum Gasteiger partial charge on any atom is -0.396 e. The Hall–Kier alpha value is -0.990. The van der Waals surface area contributed by atoms with Crippen molar-refractivity contribution in [2.45, 2.75) is 6.92 Å². The Morgan fingerprint density at radius 2 is 1.93 bits per heavy atom. The van der Waals surface area contributed by atoms with Crippen LogP contribution in [0.1, 0.15) is 5.56 Å². The highest BCUT2D eigenvalue weighted by molar-refractivity contribution is 6.41. The first kappa shape index (κ1) is 9.56. The van der Waals surface area contributed by atoms with E-state index in [1.807, 2.05) is 19.1 Å². The van der Waals surface area contributed by atoms with Crippen LogP contribution >= 0.6 is 23.2 Å². The molecule has 1 aromatic carbocycles. The van der Waals surface area contributed by atoms with E-state index in [4.69, 9.17) is 28.9 Å². The first-order chi connectivity index (χ1) is 6.61. The second-order valence-electron chi connectivity index (χ2n) is 3.12. The Balaban J connectivity index is 2.94. The number of hydrogen-bond acceptors (Lipinski definition) is 2. The van der Waals surface area contributed by atoms with Gasteiger partial charge in [-0.05, 0) is 12.5 Å². The fourth-order valence-corrected chi connectivity index (χ4v) is 1.73. The van der Waals surface area contributed by atoms with Gasteiger partial charge in [0.15, 0.2) is 0 Å². The molecule has 0 amide bonds. The van der Waals surface area contributed by atoms with E-state index in [1.165, 1.54) is 6.20 Å². The molecule has 0 saturated carbocycles. The first-order valence-electron chi connectivity index (χ1n) is 4.10. The molecule has 0 unspecified atom stereocenters. The lowest BCUT2D eigenvalue weighted by molar-refractivity contribution is 1.39. The van der Waals surface area contributed by atoms with Crippen molar-refractivity contribution in [1.82, 2.24) is 4.98 Å². The van der Waals surface area contributed by atoms with Crippen LogP contribution in [-0.2, 0) is 0 Å². The summed E-state index contributed by atoms with van der Waals surface area (Å²) < 4.78 is 0. The highest BCUT2D eigenvalue weighted by Gasteiger charge is 2.08. The van der Waals surface area contributed by atoms with Crippen molar-refractivity contribution in [2.24, 2.45) is 0 Å². The number of pyridine rings is 1. The minimum absolute atomic E-state index is 0.471. The summed E-state index contributed by atoms with van der Waals surface area (Å²) in [5, 5.41) is 1.93. The van der Waals surface area contributed by atoms with Crippen LogP contribution in [0.5, 0.6) is 0 Å². The van der Waals surface area contributed by atoms with Crippen molar-refractivity contribution < 1.29 is 0 Å². The van der Waals surface area contributed by atoms with Gasteiger partial charge in [-0.1, -0.05) is 35.3 Å². The number of fused-ring (bicyclic) bond motifs is 1. The third-order valence-electron chi connectivity index (χ3n) is 2.13. The van der Waals surface area contributed by atoms with Crippen molar-refractivity contribution >= 4 is 39.8 Å². The van der Waals surface area contributed by atoms with Crippen LogP contribution < -0.4 is 5.73 Å². The summed E-state index contributed by atoms with van der Waals surface area (Å²) >= 11 is 12.1. The van der Waals surface area contributed by atoms with Gasteiger partial charge in [0, 0.05) is 5.39 Å². The molecule has 0 fully saturated rings. The summed E-state index contributed by atoms with van der Waals surface area (Å²) in [5.74, 6) is 0. The number of rotatable bonds is 0. The molecule has 0 spiro atoms. The summed E-state index contributed by atoms with van der Waals surface area (Å²) in [5.41, 5.74) is 7.79. The van der Waals surface area contributed by atoms with E-state index in [-0.39, 0.29) is 0 Å². The van der Waals surface area contributed by atoms with E-state index in [0.29, 0.717) is 21.2 Å². The molecule has 0 bridgehead atoms. The van der Waals surface area contributed by atoms with Crippen molar-refractivity contribution in [2.75, 3.05) is 5.73 Å². The molecule has 0 aliphatic carbocycles. The van der Waals surface area contributed by atoms with E-state index in [1.54, 1.807) is 0 Å². The highest BCUT2D eigenvalue weighted by Crippen LogP contribution is 2.32. The van der Waals surface area contributed by atoms with Crippen LogP contribution in [0, 0.1) is 6.92 Å². The van der Waals surface area contributed by atoms with Crippen LogP contribution in [0.3, 0.4) is 0 Å². The SMILES string of the molecule is Cc1ccc2c(Cl)c(N)cnc2c1Cl. The Kier molecular flexibility index (Phi) is 2.25. The number of anilines is 1. The van der Waals surface area contributed by atoms with Gasteiger partial charge in [-0.2, -0.15) is 0 Å². The largest absolute Gasteiger partial charge is 0.396 e. The van der Waals surface area contributed by atoms with Crippen molar-refractivity contribution in [3.63, 3.8) is 0 Å². The second-order valence-corrected chi connectivity index (χ2v) is 3.88. The van der Waals surface area contributed by atoms with Crippen LogP contribution in [-0.4, -0.2) is 4.98 Å². The number of nitrogen functional groups attached to an aromatic ring is 1. The standard InChI is InChI=1S/C10H8Cl2N2/c1-5-2-3-6-9(12)7(13)4-14-10(6)8(5)11/h2-4H,13H2,1H3. The summed E-state index contributed by atoms with van der Waals surface area (Å²) in [6.07, 6.45) is 1.52. The van der Waals surface area contributed by atoms with Crippen molar-refractivity contribution in [1.29, 1.82) is 0 Å². The Bertz CT molecular complexity index is 462. The summed E-state index contributed by atoms with van der Waals surface area (Å²) in [6, 6.07) is 3.78. The Morgan fingerprint density at radius 1 is 1.21 bits per heavy atom. The van der Waals surface area contributed by atoms with E-state index in [0.717, 1.165) is 10.9 Å². The number of halogens is 2. The van der Waals surface area contributed by atoms with Crippen LogP contribution in [0.4, 0.5) is 5.69 Å². The second kappa shape index (κ2) is 3.30. The normalized spacial score (nSPS) is 10.8. The molecule has 1 aromatic heterocycles. The predicted octanol–water partition coefficient (Wildman–Crippen LogP) is 3.43. The molecule has 2 aromatic rings. The number of aryl methyl sites for hydroxylation is 1. The van der Waals surface area contributed by atoms with Crippen molar-refractivity contribution in [3.05, 3.63) is 33.9 Å². The third kappa shape index (κ3) is 1.31. The van der Waals surface area contributed by atoms with Crippen LogP contribution in [0.2, 0.25) is 10.0 Å². The molecular weight excluding hydrogens is 219 g/mol. The zero-order valence-corrected chi connectivity index (χ0v) is 9.02. The molecule has 0 saturated heterocycles. The molecule has 0 aliphatic rings. The fourth-order valence-electron chi connectivity index (χ4n) is 1.32. The van der Waals surface area contributed by atoms with Gasteiger partial charge in [0.25, 0.3) is 0 Å². The van der Waals surface area contributed by atoms with Gasteiger partial charge in [-0.25, -0.2) is 0 Å². The highest BCUT2D eigenvalue weighted by atomic mass is 35.5. The monoisotopic (exact) mass is 226 g/mol. The Labute approximate surface area is 91.6 Å². The number of nitrogens with zero attached hydrogens (tertiary/aromatic N) is 1. The zero-order chi connectivity index (χ0) is 10.3. The molecule has 14 heavy (non-hydrogen) atoms. The predicted molar refractivity (Wildman–Crippen MR) is 60.9 cm³/mol. The first-order valence-corrected chi connectivity index (χ1v) is 4.85. The average Bonchev–Trinajstić information content (AvgIpc) is 2.17. The number of aromatic nitrogens is 1. The maximum Gasteiger partial charge on any atom is 0.0907 e. The number of hydrogen-bond donors (Lipinski definition) is 1. The molecule has 0 atom stereocenters. The zero-order valence-electron chi connectivity index (χ0n) is 7.51.